The molecule has 0 saturated heterocycles. The van der Waals surface area contributed by atoms with E-state index in [0.29, 0.717) is 33.2 Å². The summed E-state index contributed by atoms with van der Waals surface area (Å²) in [7, 11) is 0. The van der Waals surface area contributed by atoms with Crippen molar-refractivity contribution in [1.82, 2.24) is 9.38 Å². The Morgan fingerprint density at radius 2 is 1.91 bits per heavy atom. The average Bonchev–Trinajstić information content (AvgIpc) is 3.48. The van der Waals surface area contributed by atoms with Gasteiger partial charge in [-0.3, -0.25) is 4.79 Å². The zero-order valence-corrected chi connectivity index (χ0v) is 18.7. The van der Waals surface area contributed by atoms with Gasteiger partial charge < -0.3 is 9.15 Å². The Balaban J connectivity index is 1.50. The lowest BCUT2D eigenvalue weighted by molar-refractivity contribution is 0.0526. The first-order valence-electron chi connectivity index (χ1n) is 10.3. The van der Waals surface area contributed by atoms with Crippen LogP contribution in [0, 0.1) is 13.8 Å². The van der Waals surface area contributed by atoms with Gasteiger partial charge in [-0.25, -0.2) is 14.2 Å². The summed E-state index contributed by atoms with van der Waals surface area (Å²) in [6, 6.07) is 14.7. The number of aryl methyl sites for hydroxylation is 2. The van der Waals surface area contributed by atoms with Crippen molar-refractivity contribution < 1.29 is 13.9 Å². The number of carbonyl (C=O) groups is 1. The molecule has 0 spiro atoms. The van der Waals surface area contributed by atoms with E-state index in [1.165, 1.54) is 11.3 Å². The zero-order chi connectivity index (χ0) is 22.4. The molecule has 0 amide bonds. The number of esters is 1. The van der Waals surface area contributed by atoms with Gasteiger partial charge in [-0.05, 0) is 62.2 Å². The van der Waals surface area contributed by atoms with Crippen LogP contribution in [0.15, 0.2) is 57.7 Å². The highest BCUT2D eigenvalue weighted by atomic mass is 32.1. The molecule has 2 aromatic carbocycles. The van der Waals surface area contributed by atoms with Crippen molar-refractivity contribution >= 4 is 39.4 Å². The molecular weight excluding hydrogens is 424 g/mol. The molecule has 0 unspecified atom stereocenters. The van der Waals surface area contributed by atoms with Gasteiger partial charge in [-0.15, -0.1) is 0 Å². The fraction of sp³-hybridized carbons (Fsp3) is 0.160. The first kappa shape index (κ1) is 20.2. The summed E-state index contributed by atoms with van der Waals surface area (Å²) >= 11 is 1.35. The SMILES string of the molecule is CCOC(=O)c1ccc(-c2ccc(/C=c3/sc4nc5c(C)c(C)ccc5n4c3=O)o2)cc1. The van der Waals surface area contributed by atoms with E-state index in [1.807, 2.05) is 50.2 Å². The van der Waals surface area contributed by atoms with E-state index in [-0.39, 0.29) is 11.5 Å². The Hall–Kier alpha value is -3.71. The molecule has 3 heterocycles. The molecule has 3 aromatic heterocycles. The summed E-state index contributed by atoms with van der Waals surface area (Å²) in [4.78, 5) is 30.2. The molecule has 6 nitrogen and oxygen atoms in total. The topological polar surface area (TPSA) is 73.8 Å². The highest BCUT2D eigenvalue weighted by Gasteiger charge is 2.14. The molecule has 160 valence electrons. The number of benzene rings is 2. The van der Waals surface area contributed by atoms with Crippen LogP contribution < -0.4 is 10.1 Å². The maximum Gasteiger partial charge on any atom is 0.338 e. The lowest BCUT2D eigenvalue weighted by atomic mass is 10.1. The number of thiazole rings is 1. The summed E-state index contributed by atoms with van der Waals surface area (Å²) in [6.45, 7) is 6.17. The van der Waals surface area contributed by atoms with Crippen molar-refractivity contribution in [3.05, 3.63) is 85.9 Å². The molecule has 0 N–H and O–H groups in total. The minimum Gasteiger partial charge on any atom is -0.462 e. The van der Waals surface area contributed by atoms with Crippen molar-refractivity contribution in [1.29, 1.82) is 0 Å². The van der Waals surface area contributed by atoms with E-state index in [2.05, 4.69) is 4.98 Å². The molecule has 5 aromatic rings. The number of fused-ring (bicyclic) bond motifs is 3. The molecule has 0 aliphatic heterocycles. The summed E-state index contributed by atoms with van der Waals surface area (Å²) in [5, 5.41) is 0. The maximum absolute atomic E-state index is 13.1. The fourth-order valence-electron chi connectivity index (χ4n) is 3.66. The molecule has 0 saturated carbocycles. The molecular formula is C25H20N2O4S. The number of nitrogens with zero attached hydrogens (tertiary/aromatic N) is 2. The lowest BCUT2D eigenvalue weighted by Gasteiger charge is -2.02. The lowest BCUT2D eigenvalue weighted by Crippen LogP contribution is -2.22. The van der Waals surface area contributed by atoms with Crippen molar-refractivity contribution in [2.45, 2.75) is 20.8 Å². The summed E-state index contributed by atoms with van der Waals surface area (Å²) in [6.07, 6.45) is 1.74. The van der Waals surface area contributed by atoms with E-state index in [0.717, 1.165) is 27.7 Å². The van der Waals surface area contributed by atoms with Crippen LogP contribution in [0.25, 0.3) is 33.4 Å². The Morgan fingerprint density at radius 1 is 1.12 bits per heavy atom. The van der Waals surface area contributed by atoms with E-state index < -0.39 is 0 Å². The van der Waals surface area contributed by atoms with E-state index in [1.54, 1.807) is 29.5 Å². The van der Waals surface area contributed by atoms with Gasteiger partial charge in [0.2, 0.25) is 0 Å². The molecule has 5 rings (SSSR count). The molecule has 0 bridgehead atoms. The number of rotatable bonds is 4. The zero-order valence-electron chi connectivity index (χ0n) is 17.8. The van der Waals surface area contributed by atoms with Crippen LogP contribution in [0.1, 0.15) is 34.2 Å². The third kappa shape index (κ3) is 3.31. The smallest absolute Gasteiger partial charge is 0.338 e. The highest BCUT2D eigenvalue weighted by molar-refractivity contribution is 7.15. The average molecular weight is 445 g/mol. The van der Waals surface area contributed by atoms with Gasteiger partial charge in [0.25, 0.3) is 5.56 Å². The molecule has 0 radical (unpaired) electrons. The van der Waals surface area contributed by atoms with Crippen molar-refractivity contribution in [3.8, 4) is 11.3 Å². The van der Waals surface area contributed by atoms with E-state index >= 15 is 0 Å². The van der Waals surface area contributed by atoms with Gasteiger partial charge in [-0.1, -0.05) is 29.5 Å². The molecule has 0 fully saturated rings. The molecule has 0 aliphatic rings. The Kier molecular flexibility index (Phi) is 4.90. The Bertz CT molecular complexity index is 1590. The third-order valence-electron chi connectivity index (χ3n) is 5.52. The van der Waals surface area contributed by atoms with Gasteiger partial charge >= 0.3 is 5.97 Å². The highest BCUT2D eigenvalue weighted by Crippen LogP contribution is 2.24. The minimum atomic E-state index is -0.351. The normalized spacial score (nSPS) is 12.2. The standard InChI is InChI=1S/C25H20N2O4S/c1-4-30-24(29)17-8-6-16(7-9-17)20-12-10-18(31-20)13-21-23(28)27-19-11-5-14(2)15(3)22(19)26-25(27)32-21/h5-13H,4H2,1-3H3/b21-13+. The van der Waals surface area contributed by atoms with Crippen LogP contribution in [0.2, 0.25) is 0 Å². The maximum atomic E-state index is 13.1. The first-order chi connectivity index (χ1) is 15.5. The minimum absolute atomic E-state index is 0.104. The monoisotopic (exact) mass is 444 g/mol. The number of imidazole rings is 1. The second-order valence-corrected chi connectivity index (χ2v) is 8.53. The van der Waals surface area contributed by atoms with Crippen molar-refractivity contribution in [2.24, 2.45) is 0 Å². The van der Waals surface area contributed by atoms with Crippen LogP contribution in [0.5, 0.6) is 0 Å². The second-order valence-electron chi connectivity index (χ2n) is 7.52. The summed E-state index contributed by atoms with van der Waals surface area (Å²) < 4.78 is 13.2. The Morgan fingerprint density at radius 3 is 2.66 bits per heavy atom. The predicted octanol–water partition coefficient (Wildman–Crippen LogP) is 4.51. The fourth-order valence-corrected chi connectivity index (χ4v) is 4.62. The number of ether oxygens (including phenoxy) is 1. The number of carbonyl (C=O) groups excluding carboxylic acids is 1. The molecule has 0 atom stereocenters. The van der Waals surface area contributed by atoms with Crippen LogP contribution >= 0.6 is 11.3 Å². The Labute approximate surface area is 187 Å². The molecule has 7 heteroatoms. The summed E-state index contributed by atoms with van der Waals surface area (Å²) in [5.74, 6) is 0.875. The van der Waals surface area contributed by atoms with Crippen LogP contribution in [0.3, 0.4) is 0 Å². The van der Waals surface area contributed by atoms with E-state index in [9.17, 15) is 9.59 Å². The molecule has 32 heavy (non-hydrogen) atoms. The van der Waals surface area contributed by atoms with Gasteiger partial charge in [0.05, 0.1) is 23.2 Å². The first-order valence-corrected chi connectivity index (χ1v) is 11.1. The summed E-state index contributed by atoms with van der Waals surface area (Å²) in [5.41, 5.74) is 5.15. The van der Waals surface area contributed by atoms with Crippen LogP contribution in [-0.4, -0.2) is 22.0 Å². The predicted molar refractivity (Wildman–Crippen MR) is 125 cm³/mol. The van der Waals surface area contributed by atoms with E-state index in [4.69, 9.17) is 9.15 Å². The third-order valence-corrected chi connectivity index (χ3v) is 6.48. The largest absolute Gasteiger partial charge is 0.462 e. The van der Waals surface area contributed by atoms with Gasteiger partial charge in [0, 0.05) is 11.6 Å². The number of hydrogen-bond donors (Lipinski definition) is 0. The van der Waals surface area contributed by atoms with Crippen molar-refractivity contribution in [2.75, 3.05) is 6.61 Å². The number of aromatic nitrogens is 2. The quantitative estimate of drug-likeness (QED) is 0.381. The second kappa shape index (κ2) is 7.76. The number of hydrogen-bond acceptors (Lipinski definition) is 6. The van der Waals surface area contributed by atoms with Crippen LogP contribution in [-0.2, 0) is 4.74 Å². The van der Waals surface area contributed by atoms with Crippen molar-refractivity contribution in [3.63, 3.8) is 0 Å². The van der Waals surface area contributed by atoms with Crippen LogP contribution in [0.4, 0.5) is 0 Å². The number of furan rings is 1. The van der Waals surface area contributed by atoms with Gasteiger partial charge in [0.15, 0.2) is 4.96 Å². The van der Waals surface area contributed by atoms with Gasteiger partial charge in [-0.2, -0.15) is 0 Å². The van der Waals surface area contributed by atoms with Gasteiger partial charge in [0.1, 0.15) is 16.1 Å². The molecule has 0 aliphatic carbocycles.